The maximum atomic E-state index is 12.0. The zero-order valence-electron chi connectivity index (χ0n) is 13.4. The third-order valence-electron chi connectivity index (χ3n) is 4.59. The van der Waals surface area contributed by atoms with E-state index in [1.807, 2.05) is 6.92 Å². The van der Waals surface area contributed by atoms with Crippen LogP contribution in [0.2, 0.25) is 0 Å². The Bertz CT molecular complexity index is 351. The van der Waals surface area contributed by atoms with Gasteiger partial charge in [0.2, 0.25) is 5.91 Å². The van der Waals surface area contributed by atoms with Gasteiger partial charge in [-0.1, -0.05) is 0 Å². The second kappa shape index (κ2) is 10.1. The normalized spacial score (nSPS) is 27.8. The molecule has 1 unspecified atom stereocenters. The number of hydrogen-bond donors (Lipinski definition) is 2. The minimum absolute atomic E-state index is 0. The second-order valence-corrected chi connectivity index (χ2v) is 6.20. The maximum absolute atomic E-state index is 12.0. The summed E-state index contributed by atoms with van der Waals surface area (Å²) in [6, 6.07) is 0.759. The summed E-state index contributed by atoms with van der Waals surface area (Å²) in [5, 5.41) is 6.53. The molecule has 2 N–H and O–H groups in total. The van der Waals surface area contributed by atoms with Gasteiger partial charge in [0.25, 0.3) is 0 Å². The number of hydrogen-bond acceptors (Lipinski definition) is 4. The van der Waals surface area contributed by atoms with Gasteiger partial charge in [-0.05, 0) is 58.4 Å². The first kappa shape index (κ1) is 19.2. The van der Waals surface area contributed by atoms with Gasteiger partial charge in [0, 0.05) is 18.5 Å². The summed E-state index contributed by atoms with van der Waals surface area (Å²) in [4.78, 5) is 23.6. The van der Waals surface area contributed by atoms with E-state index in [0.29, 0.717) is 19.1 Å². The van der Waals surface area contributed by atoms with Crippen LogP contribution in [0, 0.1) is 5.92 Å². The van der Waals surface area contributed by atoms with Crippen LogP contribution in [0.3, 0.4) is 0 Å². The van der Waals surface area contributed by atoms with Crippen molar-refractivity contribution in [3.8, 4) is 0 Å². The summed E-state index contributed by atoms with van der Waals surface area (Å²) < 4.78 is 5.06. The quantitative estimate of drug-likeness (QED) is 0.732. The molecule has 1 heterocycles. The lowest BCUT2D eigenvalue weighted by Gasteiger charge is -2.28. The molecule has 1 aliphatic heterocycles. The number of ether oxygens (including phenoxy) is 1. The Morgan fingerprint density at radius 3 is 2.50 bits per heavy atom. The van der Waals surface area contributed by atoms with Crippen LogP contribution in [-0.2, 0) is 14.3 Å². The van der Waals surface area contributed by atoms with Crippen LogP contribution in [0.25, 0.3) is 0 Å². The smallest absolute Gasteiger partial charge is 0.308 e. The van der Waals surface area contributed by atoms with Gasteiger partial charge in [-0.15, -0.1) is 12.4 Å². The molecule has 0 aromatic rings. The van der Waals surface area contributed by atoms with Crippen molar-refractivity contribution in [2.24, 2.45) is 5.92 Å². The molecule has 2 aliphatic rings. The number of nitrogens with one attached hydrogen (secondary N) is 2. The van der Waals surface area contributed by atoms with E-state index in [-0.39, 0.29) is 36.2 Å². The molecule has 0 radical (unpaired) electrons. The summed E-state index contributed by atoms with van der Waals surface area (Å²) in [5.74, 6) is 0.110. The third kappa shape index (κ3) is 6.13. The number of halogens is 1. The number of carbonyl (C=O) groups excluding carboxylic acids is 2. The molecule has 0 spiro atoms. The van der Waals surface area contributed by atoms with Crippen LogP contribution in [0.5, 0.6) is 0 Å². The van der Waals surface area contributed by atoms with Gasteiger partial charge in [-0.2, -0.15) is 0 Å². The van der Waals surface area contributed by atoms with Gasteiger partial charge in [0.15, 0.2) is 0 Å². The van der Waals surface area contributed by atoms with E-state index in [4.69, 9.17) is 4.74 Å². The molecule has 1 aliphatic carbocycles. The zero-order chi connectivity index (χ0) is 15.1. The van der Waals surface area contributed by atoms with Crippen LogP contribution < -0.4 is 10.6 Å². The Labute approximate surface area is 139 Å². The Balaban J connectivity index is 0.00000242. The zero-order valence-corrected chi connectivity index (χ0v) is 14.3. The van der Waals surface area contributed by atoms with Crippen molar-refractivity contribution < 1.29 is 14.3 Å². The van der Waals surface area contributed by atoms with Gasteiger partial charge >= 0.3 is 5.97 Å². The summed E-state index contributed by atoms with van der Waals surface area (Å²) in [7, 11) is 0. The predicted octanol–water partition coefficient (Wildman–Crippen LogP) is 2.18. The Morgan fingerprint density at radius 2 is 1.91 bits per heavy atom. The standard InChI is InChI=1S/C16H28N2O3.ClH/c1-2-21-16(20)12-5-7-14(8-6-12)18-15(19)10-9-13-4-3-11-17-13;/h12-14,17H,2-11H2,1H3,(H,18,19);1H. The monoisotopic (exact) mass is 332 g/mol. The highest BCUT2D eigenvalue weighted by molar-refractivity contribution is 5.85. The molecule has 1 amide bonds. The van der Waals surface area contributed by atoms with Crippen LogP contribution in [0.1, 0.15) is 58.3 Å². The van der Waals surface area contributed by atoms with Crippen molar-refractivity contribution >= 4 is 24.3 Å². The minimum Gasteiger partial charge on any atom is -0.466 e. The van der Waals surface area contributed by atoms with Crippen molar-refractivity contribution in [1.82, 2.24) is 10.6 Å². The SMILES string of the molecule is CCOC(=O)C1CCC(NC(=O)CCC2CCCN2)CC1.Cl. The van der Waals surface area contributed by atoms with E-state index in [2.05, 4.69) is 10.6 Å². The fourth-order valence-electron chi connectivity index (χ4n) is 3.34. The molecule has 2 fully saturated rings. The number of rotatable bonds is 6. The van der Waals surface area contributed by atoms with Crippen LogP contribution in [0.15, 0.2) is 0 Å². The molecule has 128 valence electrons. The van der Waals surface area contributed by atoms with E-state index in [9.17, 15) is 9.59 Å². The van der Waals surface area contributed by atoms with Crippen molar-refractivity contribution in [1.29, 1.82) is 0 Å². The van der Waals surface area contributed by atoms with E-state index < -0.39 is 0 Å². The highest BCUT2D eigenvalue weighted by atomic mass is 35.5. The van der Waals surface area contributed by atoms with E-state index in [0.717, 1.165) is 38.6 Å². The van der Waals surface area contributed by atoms with Gasteiger partial charge in [-0.25, -0.2) is 0 Å². The van der Waals surface area contributed by atoms with Crippen molar-refractivity contribution in [2.45, 2.75) is 70.4 Å². The van der Waals surface area contributed by atoms with Crippen molar-refractivity contribution in [3.05, 3.63) is 0 Å². The summed E-state index contributed by atoms with van der Waals surface area (Å²) >= 11 is 0. The van der Waals surface area contributed by atoms with Gasteiger partial charge in [0.1, 0.15) is 0 Å². The van der Waals surface area contributed by atoms with Gasteiger partial charge in [-0.3, -0.25) is 9.59 Å². The molecule has 1 atom stereocenters. The molecule has 1 saturated carbocycles. The van der Waals surface area contributed by atoms with Gasteiger partial charge < -0.3 is 15.4 Å². The third-order valence-corrected chi connectivity index (χ3v) is 4.59. The fraction of sp³-hybridized carbons (Fsp3) is 0.875. The van der Waals surface area contributed by atoms with E-state index in [1.165, 1.54) is 12.8 Å². The summed E-state index contributed by atoms with van der Waals surface area (Å²) in [6.45, 7) is 3.37. The molecule has 0 bridgehead atoms. The lowest BCUT2D eigenvalue weighted by molar-refractivity contribution is -0.149. The molecule has 2 rings (SSSR count). The van der Waals surface area contributed by atoms with E-state index in [1.54, 1.807) is 0 Å². The van der Waals surface area contributed by atoms with Gasteiger partial charge in [0.05, 0.1) is 12.5 Å². The van der Waals surface area contributed by atoms with Crippen LogP contribution >= 0.6 is 12.4 Å². The largest absolute Gasteiger partial charge is 0.466 e. The molecule has 5 nitrogen and oxygen atoms in total. The van der Waals surface area contributed by atoms with Crippen molar-refractivity contribution in [2.75, 3.05) is 13.2 Å². The van der Waals surface area contributed by atoms with E-state index >= 15 is 0 Å². The molecule has 6 heteroatoms. The Kier molecular flexibility index (Phi) is 8.79. The Hall–Kier alpha value is -0.810. The Morgan fingerprint density at radius 1 is 1.18 bits per heavy atom. The number of esters is 1. The minimum atomic E-state index is -0.0745. The number of amides is 1. The molecule has 1 saturated heterocycles. The molecular formula is C16H29ClN2O3. The molecule has 22 heavy (non-hydrogen) atoms. The lowest BCUT2D eigenvalue weighted by atomic mass is 9.86. The molecular weight excluding hydrogens is 304 g/mol. The maximum Gasteiger partial charge on any atom is 0.308 e. The van der Waals surface area contributed by atoms with Crippen molar-refractivity contribution in [3.63, 3.8) is 0 Å². The highest BCUT2D eigenvalue weighted by Gasteiger charge is 2.28. The average molecular weight is 333 g/mol. The topological polar surface area (TPSA) is 67.4 Å². The number of carbonyl (C=O) groups is 2. The first-order chi connectivity index (χ1) is 10.2. The summed E-state index contributed by atoms with van der Waals surface area (Å²) in [5.41, 5.74) is 0. The predicted molar refractivity (Wildman–Crippen MR) is 88.0 cm³/mol. The first-order valence-corrected chi connectivity index (χ1v) is 8.38. The molecule has 0 aromatic carbocycles. The first-order valence-electron chi connectivity index (χ1n) is 8.38. The lowest BCUT2D eigenvalue weighted by Crippen LogP contribution is -2.39. The summed E-state index contributed by atoms with van der Waals surface area (Å²) in [6.07, 6.45) is 7.39. The van der Waals surface area contributed by atoms with Crippen LogP contribution in [0.4, 0.5) is 0 Å². The van der Waals surface area contributed by atoms with Crippen LogP contribution in [-0.4, -0.2) is 37.1 Å². The fourth-order valence-corrected chi connectivity index (χ4v) is 3.34. The molecule has 0 aromatic heterocycles. The average Bonchev–Trinajstić information content (AvgIpc) is 2.99. The highest BCUT2D eigenvalue weighted by Crippen LogP contribution is 2.25. The second-order valence-electron chi connectivity index (χ2n) is 6.20.